The number of benzene rings is 1. The van der Waals surface area contributed by atoms with Crippen LogP contribution in [0.15, 0.2) is 18.2 Å². The topological polar surface area (TPSA) is 69.7 Å². The maximum absolute atomic E-state index is 11.4. The molecular formula is C13H16O5S. The van der Waals surface area contributed by atoms with Crippen molar-refractivity contribution < 1.29 is 22.7 Å². The molecule has 2 rings (SSSR count). The van der Waals surface area contributed by atoms with Gasteiger partial charge in [-0.1, -0.05) is 6.07 Å². The van der Waals surface area contributed by atoms with Gasteiger partial charge in [-0.05, 0) is 25.5 Å². The molecule has 6 heteroatoms. The smallest absolute Gasteiger partial charge is 0.172 e. The molecule has 0 radical (unpaired) electrons. The minimum Gasteiger partial charge on any atom is -0.490 e. The van der Waals surface area contributed by atoms with E-state index in [1.807, 2.05) is 6.92 Å². The molecule has 1 aliphatic rings. The molecule has 1 atom stereocenters. The number of para-hydroxylation sites is 1. The Bertz CT molecular complexity index is 564. The summed E-state index contributed by atoms with van der Waals surface area (Å²) in [5.41, 5.74) is 0.371. The first-order valence-corrected chi connectivity index (χ1v) is 7.96. The first-order valence-electron chi connectivity index (χ1n) is 6.14. The Morgan fingerprint density at radius 1 is 1.42 bits per heavy atom. The van der Waals surface area contributed by atoms with Crippen LogP contribution in [-0.4, -0.2) is 38.9 Å². The van der Waals surface area contributed by atoms with Crippen LogP contribution in [0.5, 0.6) is 11.5 Å². The molecule has 1 aliphatic heterocycles. The van der Waals surface area contributed by atoms with Gasteiger partial charge in [0.1, 0.15) is 6.10 Å². The minimum atomic E-state index is -3.01. The molecule has 104 valence electrons. The summed E-state index contributed by atoms with van der Waals surface area (Å²) in [5.74, 6) is 0.925. The van der Waals surface area contributed by atoms with E-state index in [0.29, 0.717) is 36.4 Å². The van der Waals surface area contributed by atoms with Crippen molar-refractivity contribution in [2.75, 3.05) is 18.1 Å². The molecule has 1 aromatic rings. The van der Waals surface area contributed by atoms with Crippen molar-refractivity contribution in [3.63, 3.8) is 0 Å². The Morgan fingerprint density at radius 3 is 2.79 bits per heavy atom. The van der Waals surface area contributed by atoms with Gasteiger partial charge >= 0.3 is 0 Å². The summed E-state index contributed by atoms with van der Waals surface area (Å²) in [6.07, 6.45) is 0.716. The van der Waals surface area contributed by atoms with Crippen LogP contribution in [0.4, 0.5) is 0 Å². The molecule has 5 nitrogen and oxygen atoms in total. The molecule has 1 unspecified atom stereocenters. The highest BCUT2D eigenvalue weighted by molar-refractivity contribution is 7.91. The maximum atomic E-state index is 11.4. The molecule has 1 aromatic carbocycles. The minimum absolute atomic E-state index is 0.00818. The lowest BCUT2D eigenvalue weighted by molar-refractivity contribution is 0.111. The second-order valence-corrected chi connectivity index (χ2v) is 6.60. The molecule has 0 aliphatic carbocycles. The highest BCUT2D eigenvalue weighted by Gasteiger charge is 2.30. The number of hydrogen-bond acceptors (Lipinski definition) is 5. The molecule has 0 amide bonds. The van der Waals surface area contributed by atoms with Crippen LogP contribution in [0.1, 0.15) is 23.7 Å². The Labute approximate surface area is 112 Å². The van der Waals surface area contributed by atoms with E-state index in [0.717, 1.165) is 0 Å². The summed E-state index contributed by atoms with van der Waals surface area (Å²) in [7, 11) is -3.01. The summed E-state index contributed by atoms with van der Waals surface area (Å²) in [5, 5.41) is 0. The molecule has 0 aromatic heterocycles. The van der Waals surface area contributed by atoms with Crippen molar-refractivity contribution in [1.29, 1.82) is 0 Å². The highest BCUT2D eigenvalue weighted by Crippen LogP contribution is 2.32. The zero-order chi connectivity index (χ0) is 13.9. The van der Waals surface area contributed by atoms with Gasteiger partial charge in [0.15, 0.2) is 27.6 Å². The molecule has 1 saturated heterocycles. The maximum Gasteiger partial charge on any atom is 0.172 e. The number of rotatable bonds is 5. The second-order valence-electron chi connectivity index (χ2n) is 4.37. The predicted octanol–water partition coefficient (Wildman–Crippen LogP) is 1.46. The van der Waals surface area contributed by atoms with Crippen molar-refractivity contribution in [2.45, 2.75) is 19.4 Å². The Balaban J connectivity index is 2.25. The number of carbonyl (C=O) groups excluding carboxylic acids is 1. The van der Waals surface area contributed by atoms with E-state index in [-0.39, 0.29) is 11.5 Å². The van der Waals surface area contributed by atoms with E-state index in [1.54, 1.807) is 18.2 Å². The van der Waals surface area contributed by atoms with E-state index in [4.69, 9.17) is 9.47 Å². The van der Waals surface area contributed by atoms with Gasteiger partial charge in [-0.25, -0.2) is 8.42 Å². The summed E-state index contributed by atoms with van der Waals surface area (Å²) < 4.78 is 33.9. The molecule has 1 fully saturated rings. The third-order valence-electron chi connectivity index (χ3n) is 2.91. The summed E-state index contributed by atoms with van der Waals surface area (Å²) in [6, 6.07) is 5.02. The first-order chi connectivity index (χ1) is 9.05. The van der Waals surface area contributed by atoms with Crippen molar-refractivity contribution in [3.8, 4) is 11.5 Å². The number of aldehydes is 1. The van der Waals surface area contributed by atoms with Gasteiger partial charge in [0, 0.05) is 0 Å². The van der Waals surface area contributed by atoms with E-state index in [1.165, 1.54) is 0 Å². The van der Waals surface area contributed by atoms with Gasteiger partial charge < -0.3 is 9.47 Å². The van der Waals surface area contributed by atoms with Gasteiger partial charge in [0.2, 0.25) is 0 Å². The van der Waals surface area contributed by atoms with Crippen LogP contribution in [0, 0.1) is 0 Å². The second kappa shape index (κ2) is 5.61. The Hall–Kier alpha value is -1.56. The molecule has 0 bridgehead atoms. The van der Waals surface area contributed by atoms with Gasteiger partial charge in [-0.2, -0.15) is 0 Å². The van der Waals surface area contributed by atoms with E-state index in [9.17, 15) is 13.2 Å². The standard InChI is InChI=1S/C13H16O5S/c1-2-17-12-5-3-4-10(8-14)13(12)18-11-6-7-19(15,16)9-11/h3-5,8,11H,2,6-7,9H2,1H3. The number of carbonyl (C=O) groups is 1. The van der Waals surface area contributed by atoms with Crippen LogP contribution >= 0.6 is 0 Å². The third-order valence-corrected chi connectivity index (χ3v) is 4.65. The molecule has 1 heterocycles. The summed E-state index contributed by atoms with van der Waals surface area (Å²) in [6.45, 7) is 2.28. The van der Waals surface area contributed by atoms with Crippen LogP contribution in [0.25, 0.3) is 0 Å². The normalized spacial score (nSPS) is 21.0. The fourth-order valence-corrected chi connectivity index (χ4v) is 3.63. The Morgan fingerprint density at radius 2 is 2.21 bits per heavy atom. The predicted molar refractivity (Wildman–Crippen MR) is 70.7 cm³/mol. The molecule has 19 heavy (non-hydrogen) atoms. The largest absolute Gasteiger partial charge is 0.490 e. The lowest BCUT2D eigenvalue weighted by atomic mass is 10.2. The van der Waals surface area contributed by atoms with Crippen LogP contribution in [0.3, 0.4) is 0 Å². The van der Waals surface area contributed by atoms with Crippen LogP contribution in [0.2, 0.25) is 0 Å². The van der Waals surface area contributed by atoms with Gasteiger partial charge in [-0.3, -0.25) is 4.79 Å². The van der Waals surface area contributed by atoms with E-state index >= 15 is 0 Å². The fourth-order valence-electron chi connectivity index (χ4n) is 2.04. The van der Waals surface area contributed by atoms with Gasteiger partial charge in [-0.15, -0.1) is 0 Å². The summed E-state index contributed by atoms with van der Waals surface area (Å²) >= 11 is 0. The number of sulfone groups is 1. The average molecular weight is 284 g/mol. The van der Waals surface area contributed by atoms with Crippen LogP contribution in [-0.2, 0) is 9.84 Å². The lowest BCUT2D eigenvalue weighted by Gasteiger charge is -2.17. The van der Waals surface area contributed by atoms with Gasteiger partial charge in [0.25, 0.3) is 0 Å². The molecule has 0 spiro atoms. The fraction of sp³-hybridized carbons (Fsp3) is 0.462. The summed E-state index contributed by atoms with van der Waals surface area (Å²) in [4.78, 5) is 11.0. The van der Waals surface area contributed by atoms with Crippen molar-refractivity contribution in [2.24, 2.45) is 0 Å². The third kappa shape index (κ3) is 3.26. The van der Waals surface area contributed by atoms with Crippen molar-refractivity contribution >= 4 is 16.1 Å². The monoisotopic (exact) mass is 284 g/mol. The van der Waals surface area contributed by atoms with Crippen molar-refractivity contribution in [1.82, 2.24) is 0 Å². The van der Waals surface area contributed by atoms with Crippen molar-refractivity contribution in [3.05, 3.63) is 23.8 Å². The zero-order valence-corrected chi connectivity index (χ0v) is 11.5. The van der Waals surface area contributed by atoms with Crippen LogP contribution < -0.4 is 9.47 Å². The molecule has 0 saturated carbocycles. The van der Waals surface area contributed by atoms with E-state index < -0.39 is 15.9 Å². The quantitative estimate of drug-likeness (QED) is 0.766. The number of hydrogen-bond donors (Lipinski definition) is 0. The van der Waals surface area contributed by atoms with E-state index in [2.05, 4.69) is 0 Å². The average Bonchev–Trinajstić information content (AvgIpc) is 2.71. The Kier molecular flexibility index (Phi) is 4.09. The zero-order valence-electron chi connectivity index (χ0n) is 10.7. The first kappa shape index (κ1) is 13.9. The SMILES string of the molecule is CCOc1cccc(C=O)c1OC1CCS(=O)(=O)C1. The molecule has 0 N–H and O–H groups in total. The highest BCUT2D eigenvalue weighted by atomic mass is 32.2. The molecular weight excluding hydrogens is 268 g/mol. The van der Waals surface area contributed by atoms with Gasteiger partial charge in [0.05, 0.1) is 23.7 Å². The lowest BCUT2D eigenvalue weighted by Crippen LogP contribution is -2.19. The number of ether oxygens (including phenoxy) is 2.